The van der Waals surface area contributed by atoms with E-state index in [4.69, 9.17) is 10.5 Å². The minimum atomic E-state index is -0.525. The summed E-state index contributed by atoms with van der Waals surface area (Å²) in [5.41, 5.74) is 9.84. The molecule has 0 radical (unpaired) electrons. The molecule has 7 heteroatoms. The van der Waals surface area contributed by atoms with Crippen molar-refractivity contribution in [1.82, 2.24) is 9.97 Å². The third kappa shape index (κ3) is 5.22. The molecule has 32 heavy (non-hydrogen) atoms. The van der Waals surface area contributed by atoms with E-state index >= 15 is 0 Å². The van der Waals surface area contributed by atoms with Crippen LogP contribution in [0.25, 0.3) is 11.3 Å². The van der Waals surface area contributed by atoms with E-state index < -0.39 is 5.82 Å². The third-order valence-corrected chi connectivity index (χ3v) is 6.07. The summed E-state index contributed by atoms with van der Waals surface area (Å²) >= 11 is 0. The van der Waals surface area contributed by atoms with E-state index in [-0.39, 0.29) is 11.8 Å². The first-order valence-corrected chi connectivity index (χ1v) is 10.8. The maximum absolute atomic E-state index is 13.8. The molecule has 0 atom stereocenters. The Morgan fingerprint density at radius 3 is 2.38 bits per heavy atom. The molecule has 0 saturated heterocycles. The van der Waals surface area contributed by atoms with Crippen LogP contribution < -0.4 is 15.8 Å². The maximum atomic E-state index is 13.8. The van der Waals surface area contributed by atoms with Gasteiger partial charge in [-0.2, -0.15) is 0 Å². The van der Waals surface area contributed by atoms with Gasteiger partial charge >= 0.3 is 0 Å². The highest BCUT2D eigenvalue weighted by Gasteiger charge is 2.23. The molecule has 0 aliphatic heterocycles. The Balaban J connectivity index is 1.37. The highest BCUT2D eigenvalue weighted by Crippen LogP contribution is 2.37. The lowest BCUT2D eigenvalue weighted by molar-refractivity contribution is -0.119. The summed E-state index contributed by atoms with van der Waals surface area (Å²) in [5.74, 6) is 0.213. The third-order valence-electron chi connectivity index (χ3n) is 6.07. The standard InChI is InChI=1S/C25H27FN4O2/c1-32-25-22(26)13-21(15-29-25)30-20-10-11-23(28-14-20)19-8-6-18(7-9-19)17-4-2-16(3-5-17)12-24(27)31/h6-11,13-17,30H,2-5,12H2,1H3,(H2,27,31). The fourth-order valence-corrected chi connectivity index (χ4v) is 4.36. The summed E-state index contributed by atoms with van der Waals surface area (Å²) < 4.78 is 18.7. The molecular weight excluding hydrogens is 407 g/mol. The quantitative estimate of drug-likeness (QED) is 0.534. The lowest BCUT2D eigenvalue weighted by Gasteiger charge is -2.28. The lowest BCUT2D eigenvalue weighted by atomic mass is 9.77. The molecule has 1 amide bonds. The number of anilines is 2. The molecule has 1 aliphatic rings. The number of rotatable bonds is 7. The van der Waals surface area contributed by atoms with Gasteiger partial charge in [0.25, 0.3) is 0 Å². The van der Waals surface area contributed by atoms with E-state index in [0.29, 0.717) is 23.9 Å². The van der Waals surface area contributed by atoms with Crippen LogP contribution >= 0.6 is 0 Å². The van der Waals surface area contributed by atoms with Gasteiger partial charge in [0.15, 0.2) is 5.82 Å². The van der Waals surface area contributed by atoms with Crippen molar-refractivity contribution in [3.05, 3.63) is 66.2 Å². The molecule has 166 valence electrons. The number of amides is 1. The summed E-state index contributed by atoms with van der Waals surface area (Å²) in [6.45, 7) is 0. The monoisotopic (exact) mass is 434 g/mol. The topological polar surface area (TPSA) is 90.1 Å². The summed E-state index contributed by atoms with van der Waals surface area (Å²) in [5, 5.41) is 3.09. The lowest BCUT2D eigenvalue weighted by Crippen LogP contribution is -2.20. The second-order valence-electron chi connectivity index (χ2n) is 8.28. The van der Waals surface area contributed by atoms with Crippen LogP contribution in [0.2, 0.25) is 0 Å². The molecule has 1 saturated carbocycles. The molecule has 3 N–H and O–H groups in total. The van der Waals surface area contributed by atoms with E-state index in [1.54, 1.807) is 6.20 Å². The number of hydrogen-bond donors (Lipinski definition) is 2. The molecule has 2 heterocycles. The minimum Gasteiger partial charge on any atom is -0.479 e. The molecule has 0 bridgehead atoms. The highest BCUT2D eigenvalue weighted by molar-refractivity contribution is 5.74. The average Bonchev–Trinajstić information content (AvgIpc) is 2.80. The van der Waals surface area contributed by atoms with Crippen LogP contribution in [0.15, 0.2) is 54.9 Å². The number of aromatic nitrogens is 2. The summed E-state index contributed by atoms with van der Waals surface area (Å²) in [4.78, 5) is 19.6. The van der Waals surface area contributed by atoms with Crippen molar-refractivity contribution in [3.8, 4) is 17.1 Å². The zero-order valence-corrected chi connectivity index (χ0v) is 18.1. The number of nitrogens with two attached hydrogens (primary N) is 1. The average molecular weight is 435 g/mol. The maximum Gasteiger partial charge on any atom is 0.250 e. The number of ether oxygens (including phenoxy) is 1. The van der Waals surface area contributed by atoms with Crippen molar-refractivity contribution in [3.63, 3.8) is 0 Å². The molecule has 1 fully saturated rings. The van der Waals surface area contributed by atoms with Gasteiger partial charge in [-0.25, -0.2) is 9.37 Å². The number of pyridine rings is 2. The van der Waals surface area contributed by atoms with E-state index in [0.717, 1.165) is 42.6 Å². The van der Waals surface area contributed by atoms with E-state index in [2.05, 4.69) is 39.6 Å². The molecule has 6 nitrogen and oxygen atoms in total. The second kappa shape index (κ2) is 9.77. The zero-order valence-electron chi connectivity index (χ0n) is 18.1. The normalized spacial score (nSPS) is 18.2. The van der Waals surface area contributed by atoms with Crippen LogP contribution in [-0.4, -0.2) is 23.0 Å². The van der Waals surface area contributed by atoms with Crippen LogP contribution in [0, 0.1) is 11.7 Å². The predicted molar refractivity (Wildman–Crippen MR) is 122 cm³/mol. The molecule has 3 aromatic rings. The predicted octanol–water partition coefficient (Wildman–Crippen LogP) is 5.18. The molecule has 1 aliphatic carbocycles. The van der Waals surface area contributed by atoms with Gasteiger partial charge in [-0.1, -0.05) is 24.3 Å². The van der Waals surface area contributed by atoms with Gasteiger partial charge in [-0.15, -0.1) is 0 Å². The number of benzene rings is 1. The first-order valence-electron chi connectivity index (χ1n) is 10.8. The van der Waals surface area contributed by atoms with E-state index in [1.807, 2.05) is 12.1 Å². The summed E-state index contributed by atoms with van der Waals surface area (Å²) in [6.07, 6.45) is 8.03. The number of carbonyl (C=O) groups is 1. The number of nitrogens with one attached hydrogen (secondary N) is 1. The van der Waals surface area contributed by atoms with Gasteiger partial charge in [0.2, 0.25) is 11.8 Å². The van der Waals surface area contributed by atoms with Crippen molar-refractivity contribution in [1.29, 1.82) is 0 Å². The number of primary amides is 1. The molecule has 2 aromatic heterocycles. The van der Waals surface area contributed by atoms with Crippen LogP contribution in [0.1, 0.15) is 43.6 Å². The Labute approximate surface area is 187 Å². The van der Waals surface area contributed by atoms with Crippen molar-refractivity contribution in [2.75, 3.05) is 12.4 Å². The van der Waals surface area contributed by atoms with Gasteiger partial charge in [0.1, 0.15) is 0 Å². The zero-order chi connectivity index (χ0) is 22.5. The van der Waals surface area contributed by atoms with Crippen molar-refractivity contribution in [2.24, 2.45) is 11.7 Å². The molecule has 1 aromatic carbocycles. The van der Waals surface area contributed by atoms with Gasteiger partial charge in [0.05, 0.1) is 36.6 Å². The highest BCUT2D eigenvalue weighted by atomic mass is 19.1. The fourth-order valence-electron chi connectivity index (χ4n) is 4.36. The number of methoxy groups -OCH3 is 1. The van der Waals surface area contributed by atoms with Crippen LogP contribution in [0.5, 0.6) is 5.88 Å². The molecule has 0 spiro atoms. The number of nitrogens with zero attached hydrogens (tertiary/aromatic N) is 2. The number of halogens is 1. The van der Waals surface area contributed by atoms with Crippen LogP contribution in [-0.2, 0) is 4.79 Å². The van der Waals surface area contributed by atoms with Gasteiger partial charge in [-0.3, -0.25) is 9.78 Å². The van der Waals surface area contributed by atoms with Crippen molar-refractivity contribution < 1.29 is 13.9 Å². The molecular formula is C25H27FN4O2. The van der Waals surface area contributed by atoms with Gasteiger partial charge < -0.3 is 15.8 Å². The first kappa shape index (κ1) is 21.7. The molecule has 4 rings (SSSR count). The Hall–Kier alpha value is -3.48. The summed E-state index contributed by atoms with van der Waals surface area (Å²) in [7, 11) is 1.38. The number of carbonyl (C=O) groups excluding carboxylic acids is 1. The number of hydrogen-bond acceptors (Lipinski definition) is 5. The van der Waals surface area contributed by atoms with Gasteiger partial charge in [0, 0.05) is 18.1 Å². The van der Waals surface area contributed by atoms with Crippen molar-refractivity contribution in [2.45, 2.75) is 38.0 Å². The van der Waals surface area contributed by atoms with Crippen LogP contribution in [0.3, 0.4) is 0 Å². The van der Waals surface area contributed by atoms with Crippen LogP contribution in [0.4, 0.5) is 15.8 Å². The van der Waals surface area contributed by atoms with E-state index in [9.17, 15) is 9.18 Å². The van der Waals surface area contributed by atoms with Gasteiger partial charge in [-0.05, 0) is 55.2 Å². The largest absolute Gasteiger partial charge is 0.479 e. The van der Waals surface area contributed by atoms with Crippen molar-refractivity contribution >= 4 is 17.3 Å². The Morgan fingerprint density at radius 2 is 1.78 bits per heavy atom. The fraction of sp³-hybridized carbons (Fsp3) is 0.320. The Kier molecular flexibility index (Phi) is 6.63. The SMILES string of the molecule is COc1ncc(Nc2ccc(-c3ccc(C4CCC(CC(N)=O)CC4)cc3)nc2)cc1F. The molecule has 0 unspecified atom stereocenters. The Morgan fingerprint density at radius 1 is 1.06 bits per heavy atom. The second-order valence-corrected chi connectivity index (χ2v) is 8.28. The first-order chi connectivity index (χ1) is 15.5. The van der Waals surface area contributed by atoms with E-state index in [1.165, 1.54) is 24.9 Å². The Bertz CT molecular complexity index is 1060. The minimum absolute atomic E-state index is 0.0359. The summed E-state index contributed by atoms with van der Waals surface area (Å²) in [6, 6.07) is 13.7. The smallest absolute Gasteiger partial charge is 0.250 e.